The molecule has 0 aliphatic carbocycles. The molecule has 0 fully saturated rings. The van der Waals surface area contributed by atoms with Gasteiger partial charge < -0.3 is 9.52 Å². The zero-order valence-corrected chi connectivity index (χ0v) is 12.4. The molecule has 1 aromatic carbocycles. The standard InChI is InChI=1S/C13H10ClNO5S/c1-21(18,19)12-4-9(13(16)17)11(5-10(12)14)15-6-8-2-3-20-7-8/h2-7H,1H3,(H,16,17). The second kappa shape index (κ2) is 5.71. The number of aliphatic imine (C=N–C) groups is 1. The topological polar surface area (TPSA) is 96.9 Å². The van der Waals surface area contributed by atoms with Crippen LogP contribution in [0.2, 0.25) is 5.02 Å². The van der Waals surface area contributed by atoms with Crippen LogP contribution in [-0.4, -0.2) is 32.0 Å². The number of carboxylic acid groups (broad SMARTS) is 1. The monoisotopic (exact) mass is 327 g/mol. The summed E-state index contributed by atoms with van der Waals surface area (Å²) >= 11 is 5.89. The number of hydrogen-bond donors (Lipinski definition) is 1. The molecule has 0 saturated carbocycles. The quantitative estimate of drug-likeness (QED) is 0.871. The van der Waals surface area contributed by atoms with Gasteiger partial charge in [0.25, 0.3) is 0 Å². The Balaban J connectivity index is 2.56. The highest BCUT2D eigenvalue weighted by atomic mass is 35.5. The average molecular weight is 328 g/mol. The molecule has 1 N–H and O–H groups in total. The van der Waals surface area contributed by atoms with Crippen molar-refractivity contribution < 1.29 is 22.7 Å². The second-order valence-electron chi connectivity index (χ2n) is 4.19. The summed E-state index contributed by atoms with van der Waals surface area (Å²) < 4.78 is 28.0. The molecule has 0 aliphatic heterocycles. The van der Waals surface area contributed by atoms with Crippen LogP contribution in [-0.2, 0) is 9.84 Å². The highest BCUT2D eigenvalue weighted by Gasteiger charge is 2.19. The Hall–Kier alpha value is -2.12. The van der Waals surface area contributed by atoms with Crippen LogP contribution < -0.4 is 0 Å². The van der Waals surface area contributed by atoms with Gasteiger partial charge in [0.1, 0.15) is 0 Å². The Labute approximate surface area is 125 Å². The first-order valence-corrected chi connectivity index (χ1v) is 7.89. The van der Waals surface area contributed by atoms with Crippen molar-refractivity contribution in [2.45, 2.75) is 4.90 Å². The van der Waals surface area contributed by atoms with Gasteiger partial charge in [0, 0.05) is 18.0 Å². The minimum Gasteiger partial charge on any atom is -0.478 e. The summed E-state index contributed by atoms with van der Waals surface area (Å²) in [7, 11) is -3.63. The summed E-state index contributed by atoms with van der Waals surface area (Å²) in [4.78, 5) is 15.0. The summed E-state index contributed by atoms with van der Waals surface area (Å²) in [6, 6.07) is 3.84. The maximum Gasteiger partial charge on any atom is 0.337 e. The van der Waals surface area contributed by atoms with Crippen molar-refractivity contribution in [3.05, 3.63) is 46.9 Å². The lowest BCUT2D eigenvalue weighted by Crippen LogP contribution is -2.03. The maximum atomic E-state index is 11.6. The SMILES string of the molecule is CS(=O)(=O)c1cc(C(=O)O)c(N=Cc2ccoc2)cc1Cl. The summed E-state index contributed by atoms with van der Waals surface area (Å²) in [5, 5.41) is 9.09. The lowest BCUT2D eigenvalue weighted by Gasteiger charge is -2.06. The lowest BCUT2D eigenvalue weighted by molar-refractivity contribution is 0.0697. The first kappa shape index (κ1) is 15.3. The molecule has 110 valence electrons. The number of nitrogens with zero attached hydrogens (tertiary/aromatic N) is 1. The van der Waals surface area contributed by atoms with E-state index in [1.165, 1.54) is 24.8 Å². The Kier molecular flexibility index (Phi) is 4.15. The highest BCUT2D eigenvalue weighted by molar-refractivity contribution is 7.90. The fourth-order valence-electron chi connectivity index (χ4n) is 1.60. The molecule has 0 spiro atoms. The van der Waals surface area contributed by atoms with Crippen molar-refractivity contribution in [1.29, 1.82) is 0 Å². The molecule has 1 heterocycles. The van der Waals surface area contributed by atoms with Gasteiger partial charge in [-0.3, -0.25) is 4.99 Å². The van der Waals surface area contributed by atoms with Gasteiger partial charge in [0.15, 0.2) is 9.84 Å². The number of furan rings is 1. The average Bonchev–Trinajstić information content (AvgIpc) is 2.87. The molecule has 0 amide bonds. The third kappa shape index (κ3) is 3.50. The number of rotatable bonds is 4. The van der Waals surface area contributed by atoms with Crippen molar-refractivity contribution in [3.8, 4) is 0 Å². The van der Waals surface area contributed by atoms with E-state index in [9.17, 15) is 18.3 Å². The van der Waals surface area contributed by atoms with Crippen molar-refractivity contribution in [2.75, 3.05) is 6.26 Å². The fraction of sp³-hybridized carbons (Fsp3) is 0.0769. The van der Waals surface area contributed by atoms with Crippen LogP contribution in [0.3, 0.4) is 0 Å². The first-order chi connectivity index (χ1) is 9.79. The van der Waals surface area contributed by atoms with E-state index in [1.807, 2.05) is 0 Å². The van der Waals surface area contributed by atoms with Crippen molar-refractivity contribution in [1.82, 2.24) is 0 Å². The van der Waals surface area contributed by atoms with Crippen LogP contribution in [0.4, 0.5) is 5.69 Å². The largest absolute Gasteiger partial charge is 0.478 e. The van der Waals surface area contributed by atoms with Crippen LogP contribution in [0.15, 0.2) is 45.0 Å². The van der Waals surface area contributed by atoms with E-state index in [1.54, 1.807) is 6.07 Å². The molecule has 0 bridgehead atoms. The van der Waals surface area contributed by atoms with Gasteiger partial charge in [0.2, 0.25) is 0 Å². The van der Waals surface area contributed by atoms with Crippen LogP contribution in [0, 0.1) is 0 Å². The Morgan fingerprint density at radius 1 is 1.43 bits per heavy atom. The minimum atomic E-state index is -3.63. The molecule has 1 aromatic heterocycles. The minimum absolute atomic E-state index is 0.0566. The van der Waals surface area contributed by atoms with Gasteiger partial charge in [-0.05, 0) is 18.2 Å². The first-order valence-electron chi connectivity index (χ1n) is 5.62. The number of hydrogen-bond acceptors (Lipinski definition) is 5. The predicted molar refractivity (Wildman–Crippen MR) is 77.5 cm³/mol. The Morgan fingerprint density at radius 2 is 2.14 bits per heavy atom. The van der Waals surface area contributed by atoms with E-state index in [-0.39, 0.29) is 21.2 Å². The van der Waals surface area contributed by atoms with E-state index in [0.29, 0.717) is 5.56 Å². The molecule has 8 heteroatoms. The summed E-state index contributed by atoms with van der Waals surface area (Å²) in [6.07, 6.45) is 5.21. The Bertz CT molecular complexity index is 809. The molecule has 0 aliphatic rings. The van der Waals surface area contributed by atoms with Gasteiger partial charge in [-0.1, -0.05) is 11.6 Å². The molecule has 0 unspecified atom stereocenters. The lowest BCUT2D eigenvalue weighted by atomic mass is 10.2. The molecule has 2 rings (SSSR count). The molecular weight excluding hydrogens is 318 g/mol. The van der Waals surface area contributed by atoms with Crippen molar-refractivity contribution >= 4 is 39.3 Å². The number of carboxylic acids is 1. The van der Waals surface area contributed by atoms with Crippen LogP contribution in [0.5, 0.6) is 0 Å². The van der Waals surface area contributed by atoms with Crippen LogP contribution in [0.25, 0.3) is 0 Å². The number of aromatic carboxylic acids is 1. The fourth-order valence-corrected chi connectivity index (χ4v) is 2.92. The van der Waals surface area contributed by atoms with Gasteiger partial charge in [-0.15, -0.1) is 0 Å². The molecule has 21 heavy (non-hydrogen) atoms. The van der Waals surface area contributed by atoms with Crippen molar-refractivity contribution in [3.63, 3.8) is 0 Å². The molecule has 0 radical (unpaired) electrons. The van der Waals surface area contributed by atoms with Gasteiger partial charge in [-0.25, -0.2) is 13.2 Å². The Morgan fingerprint density at radius 3 is 2.67 bits per heavy atom. The van der Waals surface area contributed by atoms with Crippen LogP contribution >= 0.6 is 11.6 Å². The molecule has 6 nitrogen and oxygen atoms in total. The smallest absolute Gasteiger partial charge is 0.337 e. The number of carbonyl (C=O) groups is 1. The molecule has 2 aromatic rings. The van der Waals surface area contributed by atoms with E-state index in [2.05, 4.69) is 4.99 Å². The third-order valence-electron chi connectivity index (χ3n) is 2.58. The van der Waals surface area contributed by atoms with E-state index in [4.69, 9.17) is 16.0 Å². The van der Waals surface area contributed by atoms with Gasteiger partial charge in [0.05, 0.1) is 33.7 Å². The third-order valence-corrected chi connectivity index (χ3v) is 4.14. The number of halogens is 1. The predicted octanol–water partition coefficient (Wildman–Crippen LogP) is 2.79. The second-order valence-corrected chi connectivity index (χ2v) is 6.58. The van der Waals surface area contributed by atoms with Gasteiger partial charge >= 0.3 is 5.97 Å². The maximum absolute atomic E-state index is 11.6. The van der Waals surface area contributed by atoms with E-state index >= 15 is 0 Å². The zero-order valence-electron chi connectivity index (χ0n) is 10.8. The number of sulfone groups is 1. The number of benzene rings is 1. The summed E-state index contributed by atoms with van der Waals surface area (Å²) in [5.74, 6) is -1.30. The van der Waals surface area contributed by atoms with E-state index < -0.39 is 15.8 Å². The van der Waals surface area contributed by atoms with Gasteiger partial charge in [-0.2, -0.15) is 0 Å². The van der Waals surface area contributed by atoms with Crippen molar-refractivity contribution in [2.24, 2.45) is 4.99 Å². The molecule has 0 atom stereocenters. The molecular formula is C13H10ClNO5S. The molecule has 0 saturated heterocycles. The van der Waals surface area contributed by atoms with E-state index in [0.717, 1.165) is 12.3 Å². The highest BCUT2D eigenvalue weighted by Crippen LogP contribution is 2.30. The zero-order chi connectivity index (χ0) is 15.6. The summed E-state index contributed by atoms with van der Waals surface area (Å²) in [6.45, 7) is 0. The normalized spacial score (nSPS) is 11.9. The van der Waals surface area contributed by atoms with Crippen LogP contribution in [0.1, 0.15) is 15.9 Å². The summed E-state index contributed by atoms with van der Waals surface area (Å²) in [5.41, 5.74) is 0.440.